The van der Waals surface area contributed by atoms with Gasteiger partial charge in [0.25, 0.3) is 0 Å². The number of aryl methyl sites for hydroxylation is 2. The molecule has 0 atom stereocenters. The van der Waals surface area contributed by atoms with Crippen LogP contribution < -0.4 is 185 Å². The van der Waals surface area contributed by atoms with E-state index in [0.29, 0.717) is 21.1 Å². The molecule has 3 aromatic heterocycles. The van der Waals surface area contributed by atoms with Crippen LogP contribution in [0.3, 0.4) is 0 Å². The number of nitrogens with one attached hydrogen (secondary N) is 3. The van der Waals surface area contributed by atoms with Crippen molar-refractivity contribution in [3.63, 3.8) is 0 Å². The van der Waals surface area contributed by atoms with E-state index in [1.54, 1.807) is 30.3 Å². The second kappa shape index (κ2) is 38.7. The average molecular weight is 1680 g/mol. The Labute approximate surface area is 733 Å². The number of benzene rings is 7. The van der Waals surface area contributed by atoms with Crippen molar-refractivity contribution in [1.82, 2.24) is 34.5 Å². The normalized spacial score (nSPS) is 11.7. The number of aromatic carboxylic acids is 2. The standard InChI is InChI=1S/C59H44N14O21S5.2Cu.5Na/c1-31-51(68-66-45-11-7-6-10-43(45)55(76)77)53(74)72(70-31)40-22-18-35(49(28-40)98(89,90)91)14-12-33-16-20-38(26-47(33)96(83,84)85)61-58-63-57(60-37-8-4-3-5-9-37)64-59(65-58)62-39-21-17-34(48(27-39)97(86,87)88)13-15-36-19-23-41(29-50(36)99(92,93)94)73-54(75)52(32(2)71-73)69-67-46-25-24-42(95(80,81)82)30-44(46)56(78)79;;;;;;;/h3-30H,1-2H3,(H,76,77)(H,78,79)(H,80,81,82)(H,83,84,85)(H,86,87,88)(H,89,90,91)(H,92,93,94)(H3,60,61,62,63,64,65);;;;;;;/q-2;2*+2;5*+1/p-7. The van der Waals surface area contributed by atoms with Crippen molar-refractivity contribution in [2.75, 3.05) is 16.0 Å². The first-order chi connectivity index (χ1) is 46.5. The van der Waals surface area contributed by atoms with Crippen molar-refractivity contribution in [2.45, 2.75) is 38.3 Å². The molecule has 0 saturated heterocycles. The fourth-order valence-electron chi connectivity index (χ4n) is 9.20. The zero-order chi connectivity index (χ0) is 71.7. The minimum Gasteiger partial charge on any atom is -0.744 e. The number of rotatable bonds is 23. The van der Waals surface area contributed by atoms with E-state index in [1.165, 1.54) is 56.3 Å². The molecular weight excluding hydrogens is 1640 g/mol. The van der Waals surface area contributed by atoms with Crippen LogP contribution >= 0.6 is 0 Å². The number of azo groups is 2. The number of hydrogen-bond acceptors (Lipinski definition) is 33. The van der Waals surface area contributed by atoms with E-state index in [-0.39, 0.29) is 268 Å². The van der Waals surface area contributed by atoms with Crippen molar-refractivity contribution in [3.8, 4) is 11.4 Å². The predicted octanol–water partition coefficient (Wildman–Crippen LogP) is -10.3. The Morgan fingerprint density at radius 1 is 0.415 bits per heavy atom. The summed E-state index contributed by atoms with van der Waals surface area (Å²) < 4.78 is 189. The number of nitrogens with zero attached hydrogens (tertiary/aromatic N) is 11. The summed E-state index contributed by atoms with van der Waals surface area (Å²) in [5.74, 6) is -4.50. The van der Waals surface area contributed by atoms with Gasteiger partial charge >= 0.3 is 182 Å². The average Bonchev–Trinajstić information content (AvgIpc) is 1.54. The second-order valence-corrected chi connectivity index (χ2v) is 27.2. The van der Waals surface area contributed by atoms with E-state index in [2.05, 4.69) is 61.6 Å². The summed E-state index contributed by atoms with van der Waals surface area (Å²) in [6.45, 7) is 2.60. The number of carbonyl (C=O) groups is 2. The molecule has 0 aliphatic rings. The smallest absolute Gasteiger partial charge is 0.744 e. The van der Waals surface area contributed by atoms with Crippen LogP contribution in [-0.2, 0) is 84.7 Å². The summed E-state index contributed by atoms with van der Waals surface area (Å²) >= 11 is 0. The summed E-state index contributed by atoms with van der Waals surface area (Å²) in [6.07, 6.45) is 3.93. The molecule has 0 aliphatic carbocycles. The predicted molar refractivity (Wildman–Crippen MR) is 337 cm³/mol. The third kappa shape index (κ3) is 23.1. The first-order valence-corrected chi connectivity index (χ1v) is 34.4. The van der Waals surface area contributed by atoms with Gasteiger partial charge in [-0.3, -0.25) is 0 Å². The van der Waals surface area contributed by atoms with Crippen LogP contribution in [0.15, 0.2) is 200 Å². The summed E-state index contributed by atoms with van der Waals surface area (Å²) in [5, 5.41) is 54.8. The van der Waals surface area contributed by atoms with Crippen LogP contribution in [0.1, 0.15) is 54.4 Å². The molecule has 3 N–H and O–H groups in total. The molecule has 2 radical (unpaired) electrons. The Bertz CT molecular complexity index is 5900. The number of para-hydroxylation sites is 1. The van der Waals surface area contributed by atoms with Gasteiger partial charge in [-0.05, 0) is 107 Å². The molecule has 35 nitrogen and oxygen atoms in total. The van der Waals surface area contributed by atoms with Gasteiger partial charge in [-0.15, -0.1) is 11.4 Å². The van der Waals surface area contributed by atoms with E-state index in [4.69, 9.17) is 0 Å². The number of anilines is 6. The Morgan fingerprint density at radius 3 is 1.12 bits per heavy atom. The van der Waals surface area contributed by atoms with Crippen LogP contribution in [0, 0.1) is 13.8 Å². The molecule has 0 fully saturated rings. The van der Waals surface area contributed by atoms with Gasteiger partial charge in [-0.1, -0.05) is 110 Å². The number of carboxylic acids is 2. The molecule has 0 bridgehead atoms. The van der Waals surface area contributed by atoms with Crippen molar-refractivity contribution < 1.29 is 267 Å². The maximum absolute atomic E-state index is 13.5. The van der Waals surface area contributed by atoms with Gasteiger partial charge in [0.15, 0.2) is 0 Å². The first kappa shape index (κ1) is 94.4. The van der Waals surface area contributed by atoms with Gasteiger partial charge < -0.3 is 78.3 Å². The monoisotopic (exact) mass is 1680 g/mol. The summed E-state index contributed by atoms with van der Waals surface area (Å²) in [6, 6.07) is 27.9. The Kier molecular flexibility index (Phi) is 34.5. The largest absolute Gasteiger partial charge is 2.00 e. The molecule has 0 aliphatic heterocycles. The maximum Gasteiger partial charge on any atom is 2.00 e. The molecule has 106 heavy (non-hydrogen) atoms. The molecule has 10 aromatic rings. The molecule has 0 unspecified atom stereocenters. The molecule has 0 spiro atoms. The van der Waals surface area contributed by atoms with Crippen molar-refractivity contribution in [1.29, 1.82) is 0 Å². The fraction of sp³-hybridized carbons (Fsp3) is 0.0339. The van der Waals surface area contributed by atoms with Gasteiger partial charge in [-0.2, -0.15) is 25.2 Å². The number of carboxylic acid groups (broad SMARTS) is 2. The van der Waals surface area contributed by atoms with Gasteiger partial charge in [0.05, 0.1) is 59.2 Å². The zero-order valence-electron chi connectivity index (χ0n) is 55.3. The molecule has 10 rings (SSSR count). The van der Waals surface area contributed by atoms with Crippen molar-refractivity contribution in [3.05, 3.63) is 211 Å². The molecule has 3 heterocycles. The van der Waals surface area contributed by atoms with Crippen LogP contribution in [0.4, 0.5) is 57.7 Å². The molecule has 7 aromatic carbocycles. The molecule has 0 amide bonds. The summed E-state index contributed by atoms with van der Waals surface area (Å²) in [5.41, 5.74) is -7.03. The molecule has 47 heteroatoms. The second-order valence-electron chi connectivity index (χ2n) is 20.4. The summed E-state index contributed by atoms with van der Waals surface area (Å²) in [7, 11) is -26.8. The van der Waals surface area contributed by atoms with Gasteiger partial charge in [0.1, 0.15) is 61.7 Å². The third-order valence-electron chi connectivity index (χ3n) is 13.7. The SMILES string of the molecule is Cc1nn(-c2ccc(C=Cc3ccc(Nc4nc(Nc5ccccc5)nc(Nc5ccc(C=Cc6ccc(-n7nc(C)[c-](N=Nc8ccc(S(=O)(=O)[O-])cc8C(=O)[O-])c7=O)cc6S(=O)(=O)[O-])c(S(=O)(=O)[O-])c5)n4)cc3S(=O)(=O)[O-])c(S(=O)(=O)[O-])c2)c(=O)[c-]1N=Nc1ccccc1C(=O)[O-].[Cu+2].[Cu+2].[Na+].[Na+].[Na+].[Na+].[Na+]. The van der Waals surface area contributed by atoms with Gasteiger partial charge in [0.2, 0.25) is 17.8 Å². The van der Waals surface area contributed by atoms with E-state index in [0.717, 1.165) is 91.0 Å². The van der Waals surface area contributed by atoms with Crippen LogP contribution in [-0.4, -0.2) is 111 Å². The van der Waals surface area contributed by atoms with Crippen LogP contribution in [0.2, 0.25) is 0 Å². The summed E-state index contributed by atoms with van der Waals surface area (Å²) in [4.78, 5) is 58.5. The Hall–Kier alpha value is -5.82. The molecule has 526 valence electrons. The van der Waals surface area contributed by atoms with E-state index < -0.39 is 121 Å². The minimum atomic E-state index is -5.45. The minimum absolute atomic E-state index is 0. The third-order valence-corrected chi connectivity index (χ3v) is 18.1. The van der Waals surface area contributed by atoms with Gasteiger partial charge in [0, 0.05) is 28.2 Å². The zero-order valence-corrected chi connectivity index (χ0v) is 71.3. The Morgan fingerprint density at radius 2 is 0.755 bits per heavy atom. The van der Waals surface area contributed by atoms with Crippen LogP contribution in [0.5, 0.6) is 0 Å². The quantitative estimate of drug-likeness (QED) is 0.0176. The maximum atomic E-state index is 13.5. The fourth-order valence-corrected chi connectivity index (χ4v) is 12.5. The number of carbonyl (C=O) groups excluding carboxylic acids is 2. The Balaban J connectivity index is 0.00000417. The van der Waals surface area contributed by atoms with E-state index in [1.807, 2.05) is 0 Å². The van der Waals surface area contributed by atoms with Gasteiger partial charge in [-0.25, -0.2) is 61.6 Å². The van der Waals surface area contributed by atoms with E-state index >= 15 is 0 Å². The topological polar surface area (TPSA) is 560 Å². The number of hydrogen-bond donors (Lipinski definition) is 3. The van der Waals surface area contributed by atoms with E-state index in [9.17, 15) is 94.2 Å². The van der Waals surface area contributed by atoms with Crippen molar-refractivity contribution in [2.24, 2.45) is 20.5 Å². The number of aromatic nitrogens is 7. The first-order valence-electron chi connectivity index (χ1n) is 27.4. The van der Waals surface area contributed by atoms with Crippen LogP contribution in [0.25, 0.3) is 35.7 Å². The van der Waals surface area contributed by atoms with Crippen molar-refractivity contribution >= 4 is 144 Å². The molecule has 0 saturated carbocycles. The molecular formula is C59H37Cu2N14Na5O21S5.